The molecule has 2 saturated heterocycles. The lowest BCUT2D eigenvalue weighted by Crippen LogP contribution is -2.49. The fourth-order valence-electron chi connectivity index (χ4n) is 4.58. The van der Waals surface area contributed by atoms with Crippen molar-refractivity contribution in [2.45, 2.75) is 62.1 Å². The number of carboxylic acid groups (broad SMARTS) is 2. The molecule has 246 valence electrons. The van der Waals surface area contributed by atoms with Gasteiger partial charge in [-0.25, -0.2) is 18.0 Å². The Morgan fingerprint density at radius 3 is 2.14 bits per heavy atom. The Morgan fingerprint density at radius 2 is 1.64 bits per heavy atom. The Kier molecular flexibility index (Phi) is 13.0. The molecule has 4 rings (SSSR count). The normalized spacial score (nSPS) is 18.5. The minimum absolute atomic E-state index is 0.230. The highest BCUT2D eigenvalue weighted by Crippen LogP contribution is 2.43. The first kappa shape index (κ1) is 36.8. The van der Waals surface area contributed by atoms with Gasteiger partial charge >= 0.3 is 24.3 Å². The van der Waals surface area contributed by atoms with Crippen LogP contribution >= 0.6 is 0 Å². The molecule has 1 unspecified atom stereocenters. The fourth-order valence-corrected chi connectivity index (χ4v) is 5.99. The van der Waals surface area contributed by atoms with Gasteiger partial charge in [0.25, 0.3) is 0 Å². The molecule has 44 heavy (non-hydrogen) atoms. The van der Waals surface area contributed by atoms with E-state index < -0.39 is 34.3 Å². The van der Waals surface area contributed by atoms with Crippen LogP contribution in [0.25, 0.3) is 0 Å². The average molecular weight is 660 g/mol. The van der Waals surface area contributed by atoms with E-state index in [1.807, 2.05) is 25.1 Å². The monoisotopic (exact) mass is 659 g/mol. The van der Waals surface area contributed by atoms with E-state index in [1.54, 1.807) is 22.6 Å². The van der Waals surface area contributed by atoms with Crippen LogP contribution in [0.1, 0.15) is 37.1 Å². The highest BCUT2D eigenvalue weighted by Gasteiger charge is 2.47. The standard InChI is InChI=1S/C22H29N3O4S.2C2HF3O2/c1-18-4-2-5-20(24-18)17-28-14-7-19-8-15-29-22(19)9-12-25(13-10-22)30(26,27)21-6-3-11-23-16-21;2*3-2(4,5)1(6)7/h2-6,11,16,19H,7-10,12-15,17H2,1H3;2*(H,6,7). The number of alkyl halides is 6. The van der Waals surface area contributed by atoms with Crippen molar-refractivity contribution in [2.75, 3.05) is 26.3 Å². The van der Waals surface area contributed by atoms with Crippen LogP contribution in [-0.2, 0) is 35.7 Å². The summed E-state index contributed by atoms with van der Waals surface area (Å²) in [6, 6.07) is 9.20. The number of pyridine rings is 2. The van der Waals surface area contributed by atoms with Crippen LogP contribution in [0.15, 0.2) is 47.6 Å². The van der Waals surface area contributed by atoms with E-state index in [2.05, 4.69) is 9.97 Å². The molecule has 2 aliphatic heterocycles. The molecule has 4 heterocycles. The van der Waals surface area contributed by atoms with Crippen molar-refractivity contribution >= 4 is 22.0 Å². The maximum absolute atomic E-state index is 12.9. The third-order valence-electron chi connectivity index (χ3n) is 6.73. The topological polar surface area (TPSA) is 156 Å². The van der Waals surface area contributed by atoms with Crippen molar-refractivity contribution in [3.63, 3.8) is 0 Å². The second-order valence-electron chi connectivity index (χ2n) is 9.71. The van der Waals surface area contributed by atoms with Gasteiger partial charge in [0, 0.05) is 44.4 Å². The molecule has 0 amide bonds. The molecule has 18 heteroatoms. The number of halogens is 6. The van der Waals surface area contributed by atoms with Crippen molar-refractivity contribution in [1.82, 2.24) is 14.3 Å². The first-order valence-corrected chi connectivity index (χ1v) is 14.5. The van der Waals surface area contributed by atoms with Gasteiger partial charge in [-0.1, -0.05) is 6.07 Å². The van der Waals surface area contributed by atoms with Gasteiger partial charge < -0.3 is 19.7 Å². The Morgan fingerprint density at radius 1 is 1.05 bits per heavy atom. The number of carboxylic acids is 2. The number of nitrogens with zero attached hydrogens (tertiary/aromatic N) is 3. The third-order valence-corrected chi connectivity index (χ3v) is 8.61. The van der Waals surface area contributed by atoms with Gasteiger partial charge in [0.15, 0.2) is 0 Å². The van der Waals surface area contributed by atoms with Crippen LogP contribution in [-0.4, -0.2) is 89.1 Å². The van der Waals surface area contributed by atoms with E-state index in [-0.39, 0.29) is 10.5 Å². The molecule has 2 aromatic heterocycles. The molecule has 2 aromatic rings. The van der Waals surface area contributed by atoms with Crippen LogP contribution in [0.2, 0.25) is 0 Å². The van der Waals surface area contributed by atoms with E-state index in [9.17, 15) is 34.8 Å². The zero-order chi connectivity index (χ0) is 33.2. The number of piperidine rings is 1. The maximum atomic E-state index is 12.9. The van der Waals surface area contributed by atoms with Gasteiger partial charge in [0.2, 0.25) is 10.0 Å². The Labute approximate surface area is 248 Å². The van der Waals surface area contributed by atoms with Gasteiger partial charge in [0.05, 0.1) is 17.9 Å². The number of aryl methyl sites for hydroxylation is 1. The van der Waals surface area contributed by atoms with E-state index >= 15 is 0 Å². The molecule has 0 saturated carbocycles. The van der Waals surface area contributed by atoms with Gasteiger partial charge in [-0.05, 0) is 62.8 Å². The second-order valence-corrected chi connectivity index (χ2v) is 11.6. The van der Waals surface area contributed by atoms with Crippen molar-refractivity contribution in [3.05, 3.63) is 54.1 Å². The molecule has 2 aliphatic rings. The Hall–Kier alpha value is -3.35. The number of hydrogen-bond donors (Lipinski definition) is 2. The van der Waals surface area contributed by atoms with Crippen molar-refractivity contribution in [3.8, 4) is 0 Å². The fraction of sp³-hybridized carbons (Fsp3) is 0.538. The molecule has 11 nitrogen and oxygen atoms in total. The van der Waals surface area contributed by atoms with Crippen molar-refractivity contribution in [1.29, 1.82) is 0 Å². The zero-order valence-electron chi connectivity index (χ0n) is 23.3. The summed E-state index contributed by atoms with van der Waals surface area (Å²) < 4.78 is 103. The molecule has 0 bridgehead atoms. The Balaban J connectivity index is 0.000000402. The van der Waals surface area contributed by atoms with E-state index in [0.29, 0.717) is 32.2 Å². The second kappa shape index (κ2) is 15.6. The number of hydrogen-bond acceptors (Lipinski definition) is 8. The van der Waals surface area contributed by atoms with Crippen LogP contribution in [0.5, 0.6) is 0 Å². The number of ether oxygens (including phenoxy) is 2. The Bertz CT molecular complexity index is 1310. The third kappa shape index (κ3) is 11.0. The summed E-state index contributed by atoms with van der Waals surface area (Å²) in [4.78, 5) is 26.5. The SMILES string of the molecule is Cc1cccc(COCCC2CCOC23CCN(S(=O)(=O)c2cccnc2)CC3)n1.O=C(O)C(F)(F)F.O=C(O)C(F)(F)F. The smallest absolute Gasteiger partial charge is 0.475 e. The van der Waals surface area contributed by atoms with Crippen LogP contribution in [0, 0.1) is 12.8 Å². The summed E-state index contributed by atoms with van der Waals surface area (Å²) in [6.45, 7) is 4.83. The lowest BCUT2D eigenvalue weighted by atomic mass is 9.78. The molecule has 0 aromatic carbocycles. The van der Waals surface area contributed by atoms with Gasteiger partial charge in [-0.15, -0.1) is 0 Å². The molecule has 0 aliphatic carbocycles. The van der Waals surface area contributed by atoms with Crippen LogP contribution < -0.4 is 0 Å². The van der Waals surface area contributed by atoms with E-state index in [1.165, 1.54) is 6.20 Å². The van der Waals surface area contributed by atoms with Crippen molar-refractivity contribution in [2.24, 2.45) is 5.92 Å². The number of carbonyl (C=O) groups is 2. The zero-order valence-corrected chi connectivity index (χ0v) is 24.2. The highest BCUT2D eigenvalue weighted by molar-refractivity contribution is 7.89. The van der Waals surface area contributed by atoms with Gasteiger partial charge in [-0.3, -0.25) is 9.97 Å². The summed E-state index contributed by atoms with van der Waals surface area (Å²) >= 11 is 0. The molecule has 2 N–H and O–H groups in total. The minimum atomic E-state index is -5.08. The molecule has 1 spiro atoms. The quantitative estimate of drug-likeness (QED) is 0.326. The summed E-state index contributed by atoms with van der Waals surface area (Å²) in [5.74, 6) is -5.12. The van der Waals surface area contributed by atoms with Crippen LogP contribution in [0.4, 0.5) is 26.3 Å². The molecule has 1 atom stereocenters. The van der Waals surface area contributed by atoms with E-state index in [0.717, 1.165) is 43.7 Å². The maximum Gasteiger partial charge on any atom is 0.490 e. The molecule has 0 radical (unpaired) electrons. The lowest BCUT2D eigenvalue weighted by molar-refractivity contribution is -0.193. The molecular formula is C26H31F6N3O8S. The van der Waals surface area contributed by atoms with Crippen LogP contribution in [0.3, 0.4) is 0 Å². The van der Waals surface area contributed by atoms with Gasteiger partial charge in [0.1, 0.15) is 4.90 Å². The predicted molar refractivity (Wildman–Crippen MR) is 140 cm³/mol. The lowest BCUT2D eigenvalue weighted by Gasteiger charge is -2.41. The number of sulfonamides is 1. The number of aliphatic carboxylic acids is 2. The number of rotatable bonds is 7. The molecular weight excluding hydrogens is 628 g/mol. The first-order valence-electron chi connectivity index (χ1n) is 13.0. The van der Waals surface area contributed by atoms with Gasteiger partial charge in [-0.2, -0.15) is 30.6 Å². The minimum Gasteiger partial charge on any atom is -0.475 e. The summed E-state index contributed by atoms with van der Waals surface area (Å²) in [7, 11) is -3.50. The summed E-state index contributed by atoms with van der Waals surface area (Å²) in [5.41, 5.74) is 1.71. The first-order chi connectivity index (χ1) is 20.4. The number of aromatic nitrogens is 2. The highest BCUT2D eigenvalue weighted by atomic mass is 32.2. The average Bonchev–Trinajstić information content (AvgIpc) is 3.32. The van der Waals surface area contributed by atoms with Crippen molar-refractivity contribution < 1.29 is 64.0 Å². The predicted octanol–water partition coefficient (Wildman–Crippen LogP) is 4.22. The summed E-state index contributed by atoms with van der Waals surface area (Å²) in [6.07, 6.45) is -3.82. The largest absolute Gasteiger partial charge is 0.490 e. The van der Waals surface area contributed by atoms with E-state index in [4.69, 9.17) is 29.3 Å². The summed E-state index contributed by atoms with van der Waals surface area (Å²) in [5, 5.41) is 14.2. The molecule has 2 fully saturated rings.